The second-order valence-electron chi connectivity index (χ2n) is 3.85. The largest absolute Gasteiger partial charge is 0.337 e. The van der Waals surface area contributed by atoms with Gasteiger partial charge in [0.2, 0.25) is 0 Å². The molecule has 72 valence electrons. The van der Waals surface area contributed by atoms with E-state index < -0.39 is 0 Å². The lowest BCUT2D eigenvalue weighted by Crippen LogP contribution is -2.14. The van der Waals surface area contributed by atoms with Gasteiger partial charge in [-0.1, -0.05) is 12.1 Å². The Hall–Kier alpha value is -1.06. The zero-order chi connectivity index (χ0) is 9.31. The van der Waals surface area contributed by atoms with Crippen LogP contribution < -0.4 is 5.32 Å². The molecule has 1 fully saturated rings. The predicted octanol–water partition coefficient (Wildman–Crippen LogP) is 1.98. The normalized spacial score (nSPS) is 18.6. The van der Waals surface area contributed by atoms with Gasteiger partial charge in [0.15, 0.2) is 5.82 Å². The standard InChI is InChI=1S/C9H15N3O/c1-3-9(4-5-9)6-10-8-11-7(2)12-13-8/h3-6H2,1-2H3,(H,10,11,12). The highest BCUT2D eigenvalue weighted by atomic mass is 16.5. The molecule has 1 heterocycles. The van der Waals surface area contributed by atoms with E-state index in [2.05, 4.69) is 22.4 Å². The van der Waals surface area contributed by atoms with Gasteiger partial charge in [0.05, 0.1) is 0 Å². The fourth-order valence-corrected chi connectivity index (χ4v) is 1.46. The van der Waals surface area contributed by atoms with Crippen LogP contribution in [0, 0.1) is 12.3 Å². The molecule has 0 unspecified atom stereocenters. The minimum atomic E-state index is 0.516. The van der Waals surface area contributed by atoms with E-state index in [1.807, 2.05) is 6.92 Å². The van der Waals surface area contributed by atoms with Crippen LogP contribution in [-0.4, -0.2) is 16.7 Å². The van der Waals surface area contributed by atoms with Crippen molar-refractivity contribution in [1.82, 2.24) is 10.1 Å². The lowest BCUT2D eigenvalue weighted by atomic mass is 10.0. The first-order valence-corrected chi connectivity index (χ1v) is 4.78. The van der Waals surface area contributed by atoms with Crippen molar-refractivity contribution in [3.8, 4) is 0 Å². The molecule has 0 spiro atoms. The SMILES string of the molecule is CCC1(CNc2nc(C)no2)CC1. The lowest BCUT2D eigenvalue weighted by Gasteiger charge is -2.10. The van der Waals surface area contributed by atoms with E-state index >= 15 is 0 Å². The molecule has 0 radical (unpaired) electrons. The van der Waals surface area contributed by atoms with Crippen molar-refractivity contribution in [3.63, 3.8) is 0 Å². The van der Waals surface area contributed by atoms with Gasteiger partial charge >= 0.3 is 6.01 Å². The molecule has 0 bridgehead atoms. The van der Waals surface area contributed by atoms with Gasteiger partial charge in [-0.2, -0.15) is 4.98 Å². The molecule has 2 rings (SSSR count). The van der Waals surface area contributed by atoms with Gasteiger partial charge in [0, 0.05) is 6.54 Å². The summed E-state index contributed by atoms with van der Waals surface area (Å²) < 4.78 is 4.96. The summed E-state index contributed by atoms with van der Waals surface area (Å²) in [7, 11) is 0. The topological polar surface area (TPSA) is 51.0 Å². The summed E-state index contributed by atoms with van der Waals surface area (Å²) in [5, 5.41) is 6.89. The third-order valence-electron chi connectivity index (χ3n) is 2.85. The summed E-state index contributed by atoms with van der Waals surface area (Å²) in [5.41, 5.74) is 0.516. The van der Waals surface area contributed by atoms with Crippen LogP contribution in [0.25, 0.3) is 0 Å². The average Bonchev–Trinajstić information content (AvgIpc) is 2.81. The molecule has 0 amide bonds. The Morgan fingerprint density at radius 3 is 2.77 bits per heavy atom. The summed E-state index contributed by atoms with van der Waals surface area (Å²) in [5.74, 6) is 0.684. The highest BCUT2D eigenvalue weighted by Crippen LogP contribution is 2.48. The molecule has 1 aromatic rings. The quantitative estimate of drug-likeness (QED) is 0.771. The average molecular weight is 181 g/mol. The number of anilines is 1. The molecule has 0 atom stereocenters. The second-order valence-corrected chi connectivity index (χ2v) is 3.85. The molecular weight excluding hydrogens is 166 g/mol. The molecule has 1 saturated carbocycles. The van der Waals surface area contributed by atoms with Crippen LogP contribution in [0.2, 0.25) is 0 Å². The van der Waals surface area contributed by atoms with Crippen LogP contribution in [0.15, 0.2) is 4.52 Å². The number of nitrogens with zero attached hydrogens (tertiary/aromatic N) is 2. The summed E-state index contributed by atoms with van der Waals surface area (Å²) in [6.45, 7) is 5.01. The Morgan fingerprint density at radius 2 is 2.31 bits per heavy atom. The van der Waals surface area contributed by atoms with Crippen molar-refractivity contribution in [3.05, 3.63) is 5.82 Å². The zero-order valence-corrected chi connectivity index (χ0v) is 8.13. The minimum Gasteiger partial charge on any atom is -0.337 e. The van der Waals surface area contributed by atoms with E-state index in [0.717, 1.165) is 6.54 Å². The molecule has 1 aliphatic carbocycles. The van der Waals surface area contributed by atoms with Crippen LogP contribution in [0.4, 0.5) is 6.01 Å². The van der Waals surface area contributed by atoms with Crippen molar-refractivity contribution in [2.24, 2.45) is 5.41 Å². The molecule has 1 aliphatic rings. The third-order valence-corrected chi connectivity index (χ3v) is 2.85. The molecular formula is C9H15N3O. The Bertz CT molecular complexity index is 291. The maximum absolute atomic E-state index is 4.96. The molecule has 1 N–H and O–H groups in total. The van der Waals surface area contributed by atoms with Gasteiger partial charge in [-0.3, -0.25) is 0 Å². The predicted molar refractivity (Wildman–Crippen MR) is 49.5 cm³/mol. The highest BCUT2D eigenvalue weighted by molar-refractivity contribution is 5.20. The molecule has 0 aromatic carbocycles. The van der Waals surface area contributed by atoms with E-state index in [0.29, 0.717) is 17.3 Å². The van der Waals surface area contributed by atoms with Crippen LogP contribution in [0.3, 0.4) is 0 Å². The first-order chi connectivity index (χ1) is 6.24. The number of rotatable bonds is 4. The monoisotopic (exact) mass is 181 g/mol. The van der Waals surface area contributed by atoms with Crippen LogP contribution in [-0.2, 0) is 0 Å². The molecule has 4 nitrogen and oxygen atoms in total. The van der Waals surface area contributed by atoms with Gasteiger partial charge in [-0.25, -0.2) is 0 Å². The van der Waals surface area contributed by atoms with Crippen molar-refractivity contribution in [2.45, 2.75) is 33.1 Å². The van der Waals surface area contributed by atoms with Gasteiger partial charge in [0.1, 0.15) is 0 Å². The van der Waals surface area contributed by atoms with Crippen molar-refractivity contribution >= 4 is 6.01 Å². The molecule has 0 saturated heterocycles. The van der Waals surface area contributed by atoms with Gasteiger partial charge in [-0.15, -0.1) is 0 Å². The molecule has 1 aromatic heterocycles. The summed E-state index contributed by atoms with van der Waals surface area (Å²) in [6, 6.07) is 0.553. The van der Waals surface area contributed by atoms with Crippen molar-refractivity contribution in [1.29, 1.82) is 0 Å². The molecule has 4 heteroatoms. The summed E-state index contributed by atoms with van der Waals surface area (Å²) >= 11 is 0. The van der Waals surface area contributed by atoms with Crippen LogP contribution >= 0.6 is 0 Å². The molecule has 0 aliphatic heterocycles. The Morgan fingerprint density at radius 1 is 1.54 bits per heavy atom. The maximum Gasteiger partial charge on any atom is 0.321 e. The van der Waals surface area contributed by atoms with E-state index in [4.69, 9.17) is 4.52 Å². The van der Waals surface area contributed by atoms with Gasteiger partial charge in [-0.05, 0) is 31.6 Å². The number of nitrogens with one attached hydrogen (secondary N) is 1. The Labute approximate surface area is 77.7 Å². The smallest absolute Gasteiger partial charge is 0.321 e. The minimum absolute atomic E-state index is 0.516. The van der Waals surface area contributed by atoms with Crippen molar-refractivity contribution in [2.75, 3.05) is 11.9 Å². The first kappa shape index (κ1) is 8.53. The lowest BCUT2D eigenvalue weighted by molar-refractivity contribution is 0.418. The van der Waals surface area contributed by atoms with Crippen molar-refractivity contribution < 1.29 is 4.52 Å². The molecule has 13 heavy (non-hydrogen) atoms. The van der Waals surface area contributed by atoms with E-state index in [9.17, 15) is 0 Å². The second kappa shape index (κ2) is 3.01. The van der Waals surface area contributed by atoms with Gasteiger partial charge in [0.25, 0.3) is 0 Å². The van der Waals surface area contributed by atoms with E-state index in [-0.39, 0.29) is 0 Å². The number of aryl methyl sites for hydroxylation is 1. The first-order valence-electron chi connectivity index (χ1n) is 4.78. The Kier molecular flexibility index (Phi) is 1.98. The van der Waals surface area contributed by atoms with Crippen LogP contribution in [0.5, 0.6) is 0 Å². The summed E-state index contributed by atoms with van der Waals surface area (Å²) in [6.07, 6.45) is 3.88. The maximum atomic E-state index is 4.96. The van der Waals surface area contributed by atoms with E-state index in [1.54, 1.807) is 0 Å². The highest BCUT2D eigenvalue weighted by Gasteiger charge is 2.40. The van der Waals surface area contributed by atoms with Gasteiger partial charge < -0.3 is 9.84 Å². The van der Waals surface area contributed by atoms with Crippen LogP contribution in [0.1, 0.15) is 32.0 Å². The fourth-order valence-electron chi connectivity index (χ4n) is 1.46. The van der Waals surface area contributed by atoms with E-state index in [1.165, 1.54) is 19.3 Å². The number of aromatic nitrogens is 2. The third kappa shape index (κ3) is 1.82. The summed E-state index contributed by atoms with van der Waals surface area (Å²) in [4.78, 5) is 4.09. The zero-order valence-electron chi connectivity index (χ0n) is 8.13. The number of hydrogen-bond donors (Lipinski definition) is 1. The fraction of sp³-hybridized carbons (Fsp3) is 0.778. The number of hydrogen-bond acceptors (Lipinski definition) is 4. The Balaban J connectivity index is 1.86.